The van der Waals surface area contributed by atoms with E-state index < -0.39 is 0 Å². The third-order valence-corrected chi connectivity index (χ3v) is 2.75. The van der Waals surface area contributed by atoms with Crippen molar-refractivity contribution in [2.45, 2.75) is 65.2 Å². The molecule has 1 nitrogen and oxygen atoms in total. The van der Waals surface area contributed by atoms with Crippen LogP contribution in [0.5, 0.6) is 0 Å². The predicted octanol–water partition coefficient (Wildman–Crippen LogP) is 4.83. The molecule has 0 heterocycles. The molecular weight excluding hydrogens is 196 g/mol. The van der Waals surface area contributed by atoms with Gasteiger partial charge in [0.2, 0.25) is 0 Å². The Balaban J connectivity index is 4.09. The van der Waals surface area contributed by atoms with E-state index in [2.05, 4.69) is 20.4 Å². The fraction of sp³-hybridized carbons (Fsp3) is 0.667. The monoisotopic (exact) mass is 222 g/mol. The van der Waals surface area contributed by atoms with Crippen molar-refractivity contribution in [1.82, 2.24) is 0 Å². The molecule has 16 heavy (non-hydrogen) atoms. The van der Waals surface area contributed by atoms with Crippen molar-refractivity contribution in [2.75, 3.05) is 0 Å². The summed E-state index contributed by atoms with van der Waals surface area (Å²) in [5.74, 6) is 0.0583. The van der Waals surface area contributed by atoms with Gasteiger partial charge in [-0.05, 0) is 37.8 Å². The van der Waals surface area contributed by atoms with Gasteiger partial charge in [-0.1, -0.05) is 51.7 Å². The van der Waals surface area contributed by atoms with Gasteiger partial charge in [0.05, 0.1) is 0 Å². The highest BCUT2D eigenvalue weighted by Gasteiger charge is 2.00. The van der Waals surface area contributed by atoms with Crippen LogP contribution in [-0.2, 0) is 4.79 Å². The summed E-state index contributed by atoms with van der Waals surface area (Å²) in [5, 5.41) is 0. The van der Waals surface area contributed by atoms with Crippen LogP contribution in [0.3, 0.4) is 0 Å². The molecule has 0 amide bonds. The van der Waals surface area contributed by atoms with Crippen molar-refractivity contribution in [2.24, 2.45) is 0 Å². The van der Waals surface area contributed by atoms with Gasteiger partial charge in [-0.3, -0.25) is 4.79 Å². The largest absolute Gasteiger partial charge is 0.290 e. The standard InChI is InChI=1S/C15H26O/c1-4-7-9-11-14(12-10-8-5-2)13-15(16)6-3/h6,13H,3-5,7-12H2,1-2H3. The summed E-state index contributed by atoms with van der Waals surface area (Å²) in [6.45, 7) is 7.92. The lowest BCUT2D eigenvalue weighted by atomic mass is 10.00. The van der Waals surface area contributed by atoms with Crippen LogP contribution in [0.2, 0.25) is 0 Å². The van der Waals surface area contributed by atoms with E-state index in [1.807, 2.05) is 0 Å². The summed E-state index contributed by atoms with van der Waals surface area (Å²) < 4.78 is 0. The first-order chi connectivity index (χ1) is 7.74. The third-order valence-electron chi connectivity index (χ3n) is 2.75. The van der Waals surface area contributed by atoms with E-state index in [-0.39, 0.29) is 5.78 Å². The Morgan fingerprint density at radius 2 is 1.50 bits per heavy atom. The highest BCUT2D eigenvalue weighted by molar-refractivity contribution is 5.99. The number of carbonyl (C=O) groups is 1. The molecule has 0 aromatic carbocycles. The van der Waals surface area contributed by atoms with Crippen molar-refractivity contribution < 1.29 is 4.79 Å². The molecule has 0 atom stereocenters. The fourth-order valence-electron chi connectivity index (χ4n) is 1.73. The van der Waals surface area contributed by atoms with Crippen molar-refractivity contribution in [3.63, 3.8) is 0 Å². The van der Waals surface area contributed by atoms with Crippen molar-refractivity contribution >= 4 is 5.78 Å². The molecule has 0 saturated carbocycles. The quantitative estimate of drug-likeness (QED) is 0.382. The molecule has 0 fully saturated rings. The van der Waals surface area contributed by atoms with Gasteiger partial charge in [0.25, 0.3) is 0 Å². The first-order valence-electron chi connectivity index (χ1n) is 6.60. The molecule has 0 aliphatic heterocycles. The number of rotatable bonds is 10. The van der Waals surface area contributed by atoms with Crippen LogP contribution in [-0.4, -0.2) is 5.78 Å². The molecule has 0 aromatic heterocycles. The molecule has 0 radical (unpaired) electrons. The van der Waals surface area contributed by atoms with E-state index >= 15 is 0 Å². The number of ketones is 1. The summed E-state index contributed by atoms with van der Waals surface area (Å²) in [7, 11) is 0. The van der Waals surface area contributed by atoms with Crippen LogP contribution < -0.4 is 0 Å². The van der Waals surface area contributed by atoms with Gasteiger partial charge in [-0.15, -0.1) is 0 Å². The molecule has 0 spiro atoms. The molecule has 0 aromatic rings. The SMILES string of the molecule is C=CC(=O)C=C(CCCCC)CCCCC. The lowest BCUT2D eigenvalue weighted by molar-refractivity contribution is -0.110. The minimum absolute atomic E-state index is 0.0583. The number of unbranched alkanes of at least 4 members (excludes halogenated alkanes) is 4. The Kier molecular flexibility index (Phi) is 10.1. The number of carbonyl (C=O) groups excluding carboxylic acids is 1. The molecule has 0 unspecified atom stereocenters. The van der Waals surface area contributed by atoms with Crippen LogP contribution in [0.25, 0.3) is 0 Å². The highest BCUT2D eigenvalue weighted by atomic mass is 16.1. The molecular formula is C15H26O. The Hall–Kier alpha value is -0.850. The molecule has 0 aliphatic rings. The van der Waals surface area contributed by atoms with Crippen LogP contribution in [0, 0.1) is 0 Å². The number of hydrogen-bond donors (Lipinski definition) is 0. The van der Waals surface area contributed by atoms with Gasteiger partial charge in [0, 0.05) is 0 Å². The molecule has 0 rings (SSSR count). The maximum atomic E-state index is 11.3. The Morgan fingerprint density at radius 1 is 1.00 bits per heavy atom. The van der Waals surface area contributed by atoms with E-state index in [0.29, 0.717) is 0 Å². The van der Waals surface area contributed by atoms with E-state index in [1.54, 1.807) is 6.08 Å². The first-order valence-corrected chi connectivity index (χ1v) is 6.60. The molecule has 1 heteroatoms. The van der Waals surface area contributed by atoms with Crippen LogP contribution in [0.4, 0.5) is 0 Å². The van der Waals surface area contributed by atoms with Gasteiger partial charge in [0.1, 0.15) is 0 Å². The third kappa shape index (κ3) is 8.46. The number of allylic oxidation sites excluding steroid dienone is 3. The smallest absolute Gasteiger partial charge is 0.178 e. The zero-order valence-electron chi connectivity index (χ0n) is 10.9. The van der Waals surface area contributed by atoms with Gasteiger partial charge in [-0.25, -0.2) is 0 Å². The predicted molar refractivity (Wildman–Crippen MR) is 71.6 cm³/mol. The maximum absolute atomic E-state index is 11.3. The Labute approximate surface area is 101 Å². The zero-order valence-corrected chi connectivity index (χ0v) is 10.9. The second-order valence-corrected chi connectivity index (χ2v) is 4.32. The fourth-order valence-corrected chi connectivity index (χ4v) is 1.73. The average Bonchev–Trinajstić information content (AvgIpc) is 2.29. The topological polar surface area (TPSA) is 17.1 Å². The van der Waals surface area contributed by atoms with Gasteiger partial charge >= 0.3 is 0 Å². The van der Waals surface area contributed by atoms with E-state index in [0.717, 1.165) is 12.8 Å². The minimum atomic E-state index is 0.0583. The van der Waals surface area contributed by atoms with Crippen molar-refractivity contribution in [1.29, 1.82) is 0 Å². The second kappa shape index (κ2) is 10.7. The van der Waals surface area contributed by atoms with Crippen molar-refractivity contribution in [3.8, 4) is 0 Å². The van der Waals surface area contributed by atoms with Gasteiger partial charge in [-0.2, -0.15) is 0 Å². The van der Waals surface area contributed by atoms with E-state index in [1.165, 1.54) is 50.2 Å². The summed E-state index contributed by atoms with van der Waals surface area (Å²) in [6, 6.07) is 0. The lowest BCUT2D eigenvalue weighted by Crippen LogP contribution is -1.92. The van der Waals surface area contributed by atoms with E-state index in [9.17, 15) is 4.79 Å². The van der Waals surface area contributed by atoms with Crippen LogP contribution >= 0.6 is 0 Å². The van der Waals surface area contributed by atoms with Gasteiger partial charge < -0.3 is 0 Å². The van der Waals surface area contributed by atoms with E-state index in [4.69, 9.17) is 0 Å². The average molecular weight is 222 g/mol. The first kappa shape index (κ1) is 15.2. The summed E-state index contributed by atoms with van der Waals surface area (Å²) in [5.41, 5.74) is 1.31. The summed E-state index contributed by atoms with van der Waals surface area (Å²) in [6.07, 6.45) is 12.8. The number of hydrogen-bond acceptors (Lipinski definition) is 1. The van der Waals surface area contributed by atoms with Crippen LogP contribution in [0.15, 0.2) is 24.3 Å². The molecule has 0 N–H and O–H groups in total. The second-order valence-electron chi connectivity index (χ2n) is 4.32. The lowest BCUT2D eigenvalue weighted by Gasteiger charge is -2.06. The molecule has 92 valence electrons. The molecule has 0 saturated heterocycles. The normalized spacial score (nSPS) is 9.88. The summed E-state index contributed by atoms with van der Waals surface area (Å²) >= 11 is 0. The molecule has 0 aliphatic carbocycles. The Morgan fingerprint density at radius 3 is 1.88 bits per heavy atom. The Bertz CT molecular complexity index is 214. The molecule has 0 bridgehead atoms. The highest BCUT2D eigenvalue weighted by Crippen LogP contribution is 2.16. The minimum Gasteiger partial charge on any atom is -0.290 e. The zero-order chi connectivity index (χ0) is 12.2. The summed E-state index contributed by atoms with van der Waals surface area (Å²) in [4.78, 5) is 11.3. The van der Waals surface area contributed by atoms with Gasteiger partial charge in [0.15, 0.2) is 5.78 Å². The van der Waals surface area contributed by atoms with Crippen molar-refractivity contribution in [3.05, 3.63) is 24.3 Å². The van der Waals surface area contributed by atoms with Crippen LogP contribution in [0.1, 0.15) is 65.2 Å². The maximum Gasteiger partial charge on any atom is 0.178 e.